The molecule has 0 radical (unpaired) electrons. The lowest BCUT2D eigenvalue weighted by molar-refractivity contribution is 0.276. The van der Waals surface area contributed by atoms with Crippen LogP contribution in [0.1, 0.15) is 27.8 Å². The summed E-state index contributed by atoms with van der Waals surface area (Å²) in [5.41, 5.74) is 8.69. The first-order valence-electron chi connectivity index (χ1n) is 7.45. The van der Waals surface area contributed by atoms with Crippen LogP contribution >= 0.6 is 12.4 Å². The van der Waals surface area contributed by atoms with Gasteiger partial charge in [-0.25, -0.2) is 0 Å². The van der Waals surface area contributed by atoms with Crippen molar-refractivity contribution in [3.63, 3.8) is 0 Å². The fraction of sp³-hybridized carbons (Fsp3) is 0.333. The van der Waals surface area contributed by atoms with Gasteiger partial charge in [0.2, 0.25) is 0 Å². The minimum absolute atomic E-state index is 0. The third kappa shape index (κ3) is 2.66. The molecule has 21 heavy (non-hydrogen) atoms. The molecule has 2 nitrogen and oxygen atoms in total. The zero-order valence-corrected chi connectivity index (χ0v) is 13.2. The SMILES string of the molecule is Cc1ccc2c(c1)CN(Cc1cccc3c1NCC3)C2.Cl. The van der Waals surface area contributed by atoms with Crippen molar-refractivity contribution in [3.05, 3.63) is 64.2 Å². The Labute approximate surface area is 132 Å². The van der Waals surface area contributed by atoms with Crippen molar-refractivity contribution in [2.75, 3.05) is 11.9 Å². The highest BCUT2D eigenvalue weighted by atomic mass is 35.5. The summed E-state index contributed by atoms with van der Waals surface area (Å²) in [6, 6.07) is 13.6. The summed E-state index contributed by atoms with van der Waals surface area (Å²) in [7, 11) is 0. The highest BCUT2D eigenvalue weighted by molar-refractivity contribution is 5.85. The minimum atomic E-state index is 0. The number of para-hydroxylation sites is 1. The second-order valence-electron chi connectivity index (χ2n) is 6.05. The van der Waals surface area contributed by atoms with Crippen LogP contribution in [0.3, 0.4) is 0 Å². The van der Waals surface area contributed by atoms with E-state index in [0.29, 0.717) is 0 Å². The van der Waals surface area contributed by atoms with Gasteiger partial charge in [0.25, 0.3) is 0 Å². The van der Waals surface area contributed by atoms with E-state index in [-0.39, 0.29) is 12.4 Å². The molecular weight excluding hydrogens is 280 g/mol. The Hall–Kier alpha value is -1.51. The molecule has 0 aromatic heterocycles. The maximum Gasteiger partial charge on any atom is 0.0419 e. The van der Waals surface area contributed by atoms with Crippen LogP contribution in [0.15, 0.2) is 36.4 Å². The van der Waals surface area contributed by atoms with Crippen molar-refractivity contribution in [1.82, 2.24) is 4.90 Å². The zero-order valence-electron chi connectivity index (χ0n) is 12.4. The Morgan fingerprint density at radius 2 is 1.90 bits per heavy atom. The van der Waals surface area contributed by atoms with Gasteiger partial charge in [0, 0.05) is 31.9 Å². The van der Waals surface area contributed by atoms with E-state index in [1.807, 2.05) is 0 Å². The lowest BCUT2D eigenvalue weighted by atomic mass is 10.1. The smallest absolute Gasteiger partial charge is 0.0419 e. The maximum absolute atomic E-state index is 3.55. The topological polar surface area (TPSA) is 15.3 Å². The summed E-state index contributed by atoms with van der Waals surface area (Å²) < 4.78 is 0. The Morgan fingerprint density at radius 1 is 1.05 bits per heavy atom. The van der Waals surface area contributed by atoms with E-state index < -0.39 is 0 Å². The number of benzene rings is 2. The van der Waals surface area contributed by atoms with Gasteiger partial charge in [-0.15, -0.1) is 12.4 Å². The van der Waals surface area contributed by atoms with Crippen LogP contribution in [-0.2, 0) is 26.1 Å². The maximum atomic E-state index is 3.55. The number of aryl methyl sites for hydroxylation is 1. The van der Waals surface area contributed by atoms with Crippen LogP contribution in [0.2, 0.25) is 0 Å². The van der Waals surface area contributed by atoms with Crippen molar-refractivity contribution >= 4 is 18.1 Å². The van der Waals surface area contributed by atoms with Crippen molar-refractivity contribution in [2.45, 2.75) is 33.0 Å². The van der Waals surface area contributed by atoms with Crippen molar-refractivity contribution in [1.29, 1.82) is 0 Å². The second kappa shape index (κ2) is 5.70. The number of nitrogens with one attached hydrogen (secondary N) is 1. The number of fused-ring (bicyclic) bond motifs is 2. The molecular formula is C18H21ClN2. The predicted octanol–water partition coefficient (Wildman–Crippen LogP) is 3.90. The number of halogens is 1. The monoisotopic (exact) mass is 300 g/mol. The molecule has 2 aromatic rings. The van der Waals surface area contributed by atoms with E-state index in [0.717, 1.165) is 26.2 Å². The second-order valence-corrected chi connectivity index (χ2v) is 6.05. The molecule has 0 saturated carbocycles. The molecule has 2 heterocycles. The molecule has 0 spiro atoms. The molecule has 2 aliphatic heterocycles. The van der Waals surface area contributed by atoms with Crippen molar-refractivity contribution in [3.8, 4) is 0 Å². The van der Waals surface area contributed by atoms with Gasteiger partial charge < -0.3 is 5.32 Å². The van der Waals surface area contributed by atoms with E-state index >= 15 is 0 Å². The Kier molecular flexibility index (Phi) is 3.92. The normalized spacial score (nSPS) is 16.0. The molecule has 110 valence electrons. The molecule has 0 aliphatic carbocycles. The molecule has 4 rings (SSSR count). The van der Waals surface area contributed by atoms with Crippen molar-refractivity contribution in [2.24, 2.45) is 0 Å². The summed E-state index contributed by atoms with van der Waals surface area (Å²) in [5, 5.41) is 3.55. The van der Waals surface area contributed by atoms with E-state index in [4.69, 9.17) is 0 Å². The minimum Gasteiger partial charge on any atom is -0.384 e. The predicted molar refractivity (Wildman–Crippen MR) is 90.0 cm³/mol. The van der Waals surface area contributed by atoms with Gasteiger partial charge in [0.05, 0.1) is 0 Å². The van der Waals surface area contributed by atoms with E-state index in [9.17, 15) is 0 Å². The summed E-state index contributed by atoms with van der Waals surface area (Å²) in [6.07, 6.45) is 1.17. The van der Waals surface area contributed by atoms with Gasteiger partial charge >= 0.3 is 0 Å². The molecule has 0 atom stereocenters. The van der Waals surface area contributed by atoms with Gasteiger partial charge in [-0.3, -0.25) is 4.90 Å². The Bertz CT molecular complexity index is 666. The summed E-state index contributed by atoms with van der Waals surface area (Å²) in [5.74, 6) is 0. The number of hydrogen-bond acceptors (Lipinski definition) is 2. The largest absolute Gasteiger partial charge is 0.384 e. The molecule has 0 fully saturated rings. The van der Waals surface area contributed by atoms with E-state index in [1.165, 1.54) is 39.9 Å². The zero-order chi connectivity index (χ0) is 13.5. The fourth-order valence-corrected chi connectivity index (χ4v) is 3.49. The fourth-order valence-electron chi connectivity index (χ4n) is 3.49. The molecule has 1 N–H and O–H groups in total. The lowest BCUT2D eigenvalue weighted by Crippen LogP contribution is -2.16. The van der Waals surface area contributed by atoms with Crippen molar-refractivity contribution < 1.29 is 0 Å². The van der Waals surface area contributed by atoms with Gasteiger partial charge in [-0.05, 0) is 35.6 Å². The standard InChI is InChI=1S/C18H20N2.ClH/c1-13-5-6-15-10-20(12-17(15)9-13)11-16-4-2-3-14-7-8-19-18(14)16;/h2-6,9,19H,7-8,10-12H2,1H3;1H. The number of rotatable bonds is 2. The summed E-state index contributed by atoms with van der Waals surface area (Å²) >= 11 is 0. The molecule has 0 amide bonds. The van der Waals surface area contributed by atoms with Gasteiger partial charge in [-0.1, -0.05) is 42.0 Å². The average molecular weight is 301 g/mol. The molecule has 2 aromatic carbocycles. The summed E-state index contributed by atoms with van der Waals surface area (Å²) in [6.45, 7) is 6.48. The molecule has 0 saturated heterocycles. The van der Waals surface area contributed by atoms with E-state index in [1.54, 1.807) is 0 Å². The van der Waals surface area contributed by atoms with Crippen LogP contribution in [-0.4, -0.2) is 11.4 Å². The third-order valence-corrected chi connectivity index (χ3v) is 4.48. The third-order valence-electron chi connectivity index (χ3n) is 4.48. The lowest BCUT2D eigenvalue weighted by Gasteiger charge is -2.17. The van der Waals surface area contributed by atoms with Crippen LogP contribution in [0.5, 0.6) is 0 Å². The van der Waals surface area contributed by atoms with Gasteiger partial charge in [-0.2, -0.15) is 0 Å². The van der Waals surface area contributed by atoms with Crippen LogP contribution in [0.25, 0.3) is 0 Å². The number of nitrogens with zero attached hydrogens (tertiary/aromatic N) is 1. The number of hydrogen-bond donors (Lipinski definition) is 1. The Balaban J connectivity index is 0.00000132. The molecule has 0 unspecified atom stereocenters. The van der Waals surface area contributed by atoms with E-state index in [2.05, 4.69) is 53.5 Å². The quantitative estimate of drug-likeness (QED) is 0.905. The molecule has 3 heteroatoms. The Morgan fingerprint density at radius 3 is 2.81 bits per heavy atom. The van der Waals surface area contributed by atoms with Crippen LogP contribution in [0, 0.1) is 6.92 Å². The first-order valence-corrected chi connectivity index (χ1v) is 7.45. The first-order chi connectivity index (χ1) is 9.79. The first kappa shape index (κ1) is 14.4. The van der Waals surface area contributed by atoms with Gasteiger partial charge in [0.15, 0.2) is 0 Å². The van der Waals surface area contributed by atoms with Crippen LogP contribution in [0.4, 0.5) is 5.69 Å². The molecule has 0 bridgehead atoms. The number of anilines is 1. The van der Waals surface area contributed by atoms with Gasteiger partial charge in [0.1, 0.15) is 0 Å². The van der Waals surface area contributed by atoms with Crippen LogP contribution < -0.4 is 5.32 Å². The average Bonchev–Trinajstić information content (AvgIpc) is 3.04. The molecule has 2 aliphatic rings. The highest BCUT2D eigenvalue weighted by Crippen LogP contribution is 2.30. The highest BCUT2D eigenvalue weighted by Gasteiger charge is 2.21. The summed E-state index contributed by atoms with van der Waals surface area (Å²) in [4.78, 5) is 2.54.